The number of carbonyl (C=O) groups excluding carboxylic acids is 1. The van der Waals surface area contributed by atoms with Crippen LogP contribution in [0.15, 0.2) is 24.3 Å². The molecule has 2 aliphatic rings. The molecular formula is C17H25ClN2O3. The number of benzene rings is 1. The molecule has 23 heavy (non-hydrogen) atoms. The number of nitrogens with two attached hydrogens (primary N) is 1. The highest BCUT2D eigenvalue weighted by molar-refractivity contribution is 5.94. The Balaban J connectivity index is 0.00000192. The molecule has 3 N–H and O–H groups in total. The molecular weight excluding hydrogens is 316 g/mol. The van der Waals surface area contributed by atoms with E-state index in [2.05, 4.69) is 5.32 Å². The zero-order valence-corrected chi connectivity index (χ0v) is 14.0. The van der Waals surface area contributed by atoms with Crippen molar-refractivity contribution in [1.82, 2.24) is 0 Å². The van der Waals surface area contributed by atoms with Gasteiger partial charge in [-0.1, -0.05) is 18.6 Å². The molecule has 1 aliphatic heterocycles. The zero-order chi connectivity index (χ0) is 15.4. The third-order valence-electron chi connectivity index (χ3n) is 4.63. The average Bonchev–Trinajstić information content (AvgIpc) is 3.20. The summed E-state index contributed by atoms with van der Waals surface area (Å²) in [6.45, 7) is 1.93. The first-order chi connectivity index (χ1) is 10.8. The lowest BCUT2D eigenvalue weighted by Crippen LogP contribution is -2.30. The van der Waals surface area contributed by atoms with Crippen LogP contribution in [0.4, 0.5) is 5.69 Å². The highest BCUT2D eigenvalue weighted by atomic mass is 35.5. The topological polar surface area (TPSA) is 73.6 Å². The van der Waals surface area contributed by atoms with Crippen molar-refractivity contribution < 1.29 is 14.3 Å². The molecule has 0 bridgehead atoms. The Morgan fingerprint density at radius 3 is 2.87 bits per heavy atom. The second kappa shape index (κ2) is 8.52. The van der Waals surface area contributed by atoms with E-state index in [-0.39, 0.29) is 30.3 Å². The predicted molar refractivity (Wildman–Crippen MR) is 92.1 cm³/mol. The van der Waals surface area contributed by atoms with Crippen molar-refractivity contribution in [3.63, 3.8) is 0 Å². The summed E-state index contributed by atoms with van der Waals surface area (Å²) in [5.41, 5.74) is 6.51. The molecule has 0 aromatic heterocycles. The number of anilines is 1. The van der Waals surface area contributed by atoms with E-state index in [1.807, 2.05) is 24.3 Å². The smallest absolute Gasteiger partial charge is 0.227 e. The van der Waals surface area contributed by atoms with Crippen molar-refractivity contribution in [2.24, 2.45) is 17.6 Å². The first-order valence-corrected chi connectivity index (χ1v) is 8.12. The highest BCUT2D eigenvalue weighted by Gasteiger charge is 2.32. The van der Waals surface area contributed by atoms with Crippen molar-refractivity contribution in [3.05, 3.63) is 24.3 Å². The van der Waals surface area contributed by atoms with Gasteiger partial charge in [0.15, 0.2) is 0 Å². The van der Waals surface area contributed by atoms with Gasteiger partial charge in [0.25, 0.3) is 0 Å². The summed E-state index contributed by atoms with van der Waals surface area (Å²) in [6, 6.07) is 7.60. The Morgan fingerprint density at radius 1 is 1.30 bits per heavy atom. The van der Waals surface area contributed by atoms with Gasteiger partial charge in [0.1, 0.15) is 11.9 Å². The molecule has 6 heteroatoms. The van der Waals surface area contributed by atoms with Gasteiger partial charge in [-0.05, 0) is 37.4 Å². The van der Waals surface area contributed by atoms with E-state index in [1.165, 1.54) is 0 Å². The molecule has 2 fully saturated rings. The third kappa shape index (κ3) is 4.37. The summed E-state index contributed by atoms with van der Waals surface area (Å²) in [6.07, 6.45) is 4.01. The van der Waals surface area contributed by atoms with Crippen LogP contribution in [-0.2, 0) is 9.53 Å². The molecule has 1 saturated carbocycles. The van der Waals surface area contributed by atoms with Crippen LogP contribution in [-0.4, -0.2) is 31.8 Å². The molecule has 1 unspecified atom stereocenters. The lowest BCUT2D eigenvalue weighted by molar-refractivity contribution is -0.120. The van der Waals surface area contributed by atoms with Gasteiger partial charge in [0.2, 0.25) is 5.91 Å². The summed E-state index contributed by atoms with van der Waals surface area (Å²) in [5, 5.41) is 3.03. The van der Waals surface area contributed by atoms with E-state index in [0.29, 0.717) is 24.8 Å². The Bertz CT molecular complexity index is 520. The number of ether oxygens (including phenoxy) is 2. The summed E-state index contributed by atoms with van der Waals surface area (Å²) in [7, 11) is 0. The Labute approximate surface area is 143 Å². The van der Waals surface area contributed by atoms with Crippen LogP contribution in [0, 0.1) is 11.8 Å². The van der Waals surface area contributed by atoms with E-state index in [9.17, 15) is 4.79 Å². The van der Waals surface area contributed by atoms with Crippen molar-refractivity contribution in [2.45, 2.75) is 31.8 Å². The maximum absolute atomic E-state index is 12.5. The number of hydrogen-bond acceptors (Lipinski definition) is 4. The number of hydrogen-bond donors (Lipinski definition) is 2. The van der Waals surface area contributed by atoms with Gasteiger partial charge in [0, 0.05) is 12.3 Å². The zero-order valence-electron chi connectivity index (χ0n) is 13.2. The van der Waals surface area contributed by atoms with Crippen LogP contribution in [0.25, 0.3) is 0 Å². The number of nitrogens with one attached hydrogen (secondary N) is 1. The third-order valence-corrected chi connectivity index (χ3v) is 4.63. The fourth-order valence-electron chi connectivity index (χ4n) is 3.35. The van der Waals surface area contributed by atoms with Crippen molar-refractivity contribution in [2.75, 3.05) is 25.1 Å². The first kappa shape index (κ1) is 18.0. The van der Waals surface area contributed by atoms with Gasteiger partial charge < -0.3 is 20.5 Å². The molecule has 5 nitrogen and oxygen atoms in total. The molecule has 0 radical (unpaired) electrons. The minimum atomic E-state index is 0. The second-order valence-corrected chi connectivity index (χ2v) is 6.12. The maximum Gasteiger partial charge on any atom is 0.227 e. The number of carbonyl (C=O) groups is 1. The van der Waals surface area contributed by atoms with Crippen LogP contribution in [0.2, 0.25) is 0 Å². The monoisotopic (exact) mass is 340 g/mol. The quantitative estimate of drug-likeness (QED) is 0.864. The largest absolute Gasteiger partial charge is 0.486 e. The van der Waals surface area contributed by atoms with E-state index in [4.69, 9.17) is 15.2 Å². The lowest BCUT2D eigenvalue weighted by Gasteiger charge is -2.20. The summed E-state index contributed by atoms with van der Waals surface area (Å²) in [5.74, 6) is 1.10. The molecule has 1 aliphatic carbocycles. The molecule has 1 heterocycles. The molecule has 1 amide bonds. The van der Waals surface area contributed by atoms with Crippen LogP contribution in [0.1, 0.15) is 25.7 Å². The van der Waals surface area contributed by atoms with Gasteiger partial charge in [0.05, 0.1) is 18.9 Å². The van der Waals surface area contributed by atoms with Crippen LogP contribution in [0.5, 0.6) is 5.75 Å². The van der Waals surface area contributed by atoms with Gasteiger partial charge in [-0.15, -0.1) is 12.4 Å². The lowest BCUT2D eigenvalue weighted by atomic mass is 9.95. The minimum absolute atomic E-state index is 0. The summed E-state index contributed by atoms with van der Waals surface area (Å²) >= 11 is 0. The molecule has 128 valence electrons. The average molecular weight is 341 g/mol. The molecule has 1 saturated heterocycles. The molecule has 0 spiro atoms. The Morgan fingerprint density at radius 2 is 2.13 bits per heavy atom. The number of rotatable bonds is 5. The Kier molecular flexibility index (Phi) is 6.69. The van der Waals surface area contributed by atoms with Gasteiger partial charge >= 0.3 is 0 Å². The van der Waals surface area contributed by atoms with Crippen LogP contribution in [0.3, 0.4) is 0 Å². The van der Waals surface area contributed by atoms with Crippen molar-refractivity contribution in [3.8, 4) is 5.75 Å². The van der Waals surface area contributed by atoms with Gasteiger partial charge in [-0.3, -0.25) is 4.79 Å². The number of para-hydroxylation sites is 2. The van der Waals surface area contributed by atoms with E-state index >= 15 is 0 Å². The normalized spacial score (nSPS) is 26.6. The summed E-state index contributed by atoms with van der Waals surface area (Å²) < 4.78 is 11.3. The second-order valence-electron chi connectivity index (χ2n) is 6.12. The first-order valence-electron chi connectivity index (χ1n) is 8.12. The molecule has 3 rings (SSSR count). The highest BCUT2D eigenvalue weighted by Crippen LogP contribution is 2.33. The minimum Gasteiger partial charge on any atom is -0.486 e. The number of amides is 1. The SMILES string of the molecule is Cl.NC[C@H]1CCC[C@H]1C(=O)Nc1ccccc1OC1CCOC1. The van der Waals surface area contributed by atoms with E-state index in [1.54, 1.807) is 0 Å². The molecule has 1 aromatic carbocycles. The Hall–Kier alpha value is -1.30. The molecule has 3 atom stereocenters. The van der Waals surface area contributed by atoms with E-state index < -0.39 is 0 Å². The van der Waals surface area contributed by atoms with Crippen LogP contribution < -0.4 is 15.8 Å². The maximum atomic E-state index is 12.5. The van der Waals surface area contributed by atoms with Gasteiger partial charge in [-0.25, -0.2) is 0 Å². The predicted octanol–water partition coefficient (Wildman–Crippen LogP) is 2.59. The molecule has 1 aromatic rings. The van der Waals surface area contributed by atoms with Gasteiger partial charge in [-0.2, -0.15) is 0 Å². The number of halogens is 1. The van der Waals surface area contributed by atoms with Crippen molar-refractivity contribution >= 4 is 24.0 Å². The fourth-order valence-corrected chi connectivity index (χ4v) is 3.35. The van der Waals surface area contributed by atoms with Crippen molar-refractivity contribution in [1.29, 1.82) is 0 Å². The summed E-state index contributed by atoms with van der Waals surface area (Å²) in [4.78, 5) is 12.5. The van der Waals surface area contributed by atoms with E-state index in [0.717, 1.165) is 38.0 Å². The van der Waals surface area contributed by atoms with Crippen LogP contribution >= 0.6 is 12.4 Å². The fraction of sp³-hybridized carbons (Fsp3) is 0.588. The standard InChI is InChI=1S/C17H24N2O3.ClH/c18-10-12-4-3-5-14(12)17(20)19-15-6-1-2-7-16(15)22-13-8-9-21-11-13;/h1-2,6-7,12-14H,3-5,8-11,18H2,(H,19,20);1H/t12-,13?,14-;/m1./s1.